The molecule has 0 heterocycles. The highest BCUT2D eigenvalue weighted by molar-refractivity contribution is 5.94. The van der Waals surface area contributed by atoms with Crippen LogP contribution in [0.2, 0.25) is 0 Å². The Labute approximate surface area is 239 Å². The Balaban J connectivity index is 1.33. The maximum absolute atomic E-state index is 13.1. The van der Waals surface area contributed by atoms with Gasteiger partial charge in [0.05, 0.1) is 11.6 Å². The molecule has 1 N–H and O–H groups in total. The molecule has 2 radical (unpaired) electrons. The minimum absolute atomic E-state index is 0.152. The molecule has 212 valence electrons. The molecule has 7 heteroatoms. The minimum atomic E-state index is -4.49. The summed E-state index contributed by atoms with van der Waals surface area (Å²) < 4.78 is 39.2. The van der Waals surface area contributed by atoms with Crippen molar-refractivity contribution in [3.05, 3.63) is 130 Å². The standard InChI is InChI=1S/C34H33F3N2O2/c1-2-3-4-6-24-9-11-26(12-10-24)23-38-33(40)29-19-17-28(18-20-29)27-15-13-25(14-16-27)21-32(39-41)30-7-5-8-31(22-30)34(35,36)37/h5,7-20,22,32H,2-4,6,21,23H2,1H3,(H,38,40). The van der Waals surface area contributed by atoms with Crippen LogP contribution in [-0.2, 0) is 30.8 Å². The topological polar surface area (TPSA) is 63.1 Å². The van der Waals surface area contributed by atoms with Crippen molar-refractivity contribution in [2.24, 2.45) is 0 Å². The Morgan fingerprint density at radius 3 is 2.02 bits per heavy atom. The van der Waals surface area contributed by atoms with Gasteiger partial charge >= 0.3 is 6.18 Å². The number of nitrogens with zero attached hydrogens (tertiary/aromatic N) is 1. The van der Waals surface area contributed by atoms with Crippen LogP contribution in [-0.4, -0.2) is 5.91 Å². The number of alkyl halides is 3. The largest absolute Gasteiger partial charge is 0.416 e. The fourth-order valence-corrected chi connectivity index (χ4v) is 4.70. The first kappa shape index (κ1) is 30.0. The van der Waals surface area contributed by atoms with E-state index in [1.807, 2.05) is 36.4 Å². The molecule has 4 nitrogen and oxygen atoms in total. The molecule has 1 amide bonds. The van der Waals surface area contributed by atoms with Crippen molar-refractivity contribution < 1.29 is 23.2 Å². The van der Waals surface area contributed by atoms with Crippen LogP contribution in [0.1, 0.15) is 70.4 Å². The first-order valence-corrected chi connectivity index (χ1v) is 13.8. The molecular weight excluding hydrogens is 525 g/mol. The van der Waals surface area contributed by atoms with Crippen LogP contribution in [0, 0.1) is 0 Å². The summed E-state index contributed by atoms with van der Waals surface area (Å²) in [5, 5.41) is 14.4. The van der Waals surface area contributed by atoms with Crippen LogP contribution in [0.15, 0.2) is 97.1 Å². The number of hydroxylamine groups is 1. The predicted molar refractivity (Wildman–Crippen MR) is 153 cm³/mol. The summed E-state index contributed by atoms with van der Waals surface area (Å²) in [6.07, 6.45) is 0.397. The van der Waals surface area contributed by atoms with Crippen molar-refractivity contribution in [2.45, 2.75) is 57.8 Å². The lowest BCUT2D eigenvalue weighted by Crippen LogP contribution is -2.22. The number of benzene rings is 4. The van der Waals surface area contributed by atoms with E-state index < -0.39 is 17.8 Å². The lowest BCUT2D eigenvalue weighted by atomic mass is 9.96. The fraction of sp³-hybridized carbons (Fsp3) is 0.265. The van der Waals surface area contributed by atoms with Crippen molar-refractivity contribution in [1.82, 2.24) is 10.8 Å². The van der Waals surface area contributed by atoms with Gasteiger partial charge in [-0.05, 0) is 76.9 Å². The van der Waals surface area contributed by atoms with Gasteiger partial charge in [-0.1, -0.05) is 98.0 Å². The molecule has 4 rings (SSSR count). The highest BCUT2D eigenvalue weighted by atomic mass is 19.4. The van der Waals surface area contributed by atoms with Crippen LogP contribution >= 0.6 is 0 Å². The average molecular weight is 559 g/mol. The number of hydrogen-bond acceptors (Lipinski definition) is 1. The molecule has 4 aromatic rings. The first-order valence-electron chi connectivity index (χ1n) is 13.8. The predicted octanol–water partition coefficient (Wildman–Crippen LogP) is 8.27. The summed E-state index contributed by atoms with van der Waals surface area (Å²) in [5.74, 6) is -0.152. The number of halogens is 3. The Bertz CT molecular complexity index is 1400. The van der Waals surface area contributed by atoms with Gasteiger partial charge in [-0.25, -0.2) is 0 Å². The Morgan fingerprint density at radius 2 is 1.41 bits per heavy atom. The normalized spacial score (nSPS) is 12.2. The van der Waals surface area contributed by atoms with Crippen molar-refractivity contribution >= 4 is 5.91 Å². The zero-order valence-corrected chi connectivity index (χ0v) is 23.0. The molecular formula is C34H33F3N2O2. The van der Waals surface area contributed by atoms with Crippen LogP contribution in [0.3, 0.4) is 0 Å². The number of carbonyl (C=O) groups is 1. The third-order valence-corrected chi connectivity index (χ3v) is 7.13. The van der Waals surface area contributed by atoms with Gasteiger partial charge in [0.15, 0.2) is 0 Å². The summed E-state index contributed by atoms with van der Waals surface area (Å²) in [7, 11) is 0. The van der Waals surface area contributed by atoms with Crippen LogP contribution < -0.4 is 10.8 Å². The van der Waals surface area contributed by atoms with E-state index in [1.165, 1.54) is 37.0 Å². The van der Waals surface area contributed by atoms with Gasteiger partial charge in [0.25, 0.3) is 5.91 Å². The quantitative estimate of drug-likeness (QED) is 0.138. The van der Waals surface area contributed by atoms with Gasteiger partial charge in [-0.15, -0.1) is 5.21 Å². The number of unbranched alkanes of at least 4 members (excludes halogenated alkanes) is 2. The van der Waals surface area contributed by atoms with Gasteiger partial charge in [0.1, 0.15) is 0 Å². The lowest BCUT2D eigenvalue weighted by Gasteiger charge is -2.15. The van der Waals surface area contributed by atoms with E-state index in [4.69, 9.17) is 0 Å². The van der Waals surface area contributed by atoms with E-state index in [0.717, 1.165) is 40.8 Å². The number of carbonyl (C=O) groups excluding carboxylic acids is 1. The van der Waals surface area contributed by atoms with E-state index in [1.54, 1.807) is 12.1 Å². The highest BCUT2D eigenvalue weighted by Gasteiger charge is 2.31. The van der Waals surface area contributed by atoms with E-state index in [9.17, 15) is 23.2 Å². The Hall–Kier alpha value is -3.94. The fourth-order valence-electron chi connectivity index (χ4n) is 4.70. The monoisotopic (exact) mass is 558 g/mol. The molecule has 0 aliphatic rings. The van der Waals surface area contributed by atoms with Gasteiger partial charge in [0, 0.05) is 12.1 Å². The zero-order valence-electron chi connectivity index (χ0n) is 23.0. The summed E-state index contributed by atoms with van der Waals surface area (Å²) in [6.45, 7) is 2.65. The van der Waals surface area contributed by atoms with Gasteiger partial charge < -0.3 is 5.32 Å². The van der Waals surface area contributed by atoms with Crippen LogP contribution in [0.5, 0.6) is 0 Å². The van der Waals surface area contributed by atoms with Crippen molar-refractivity contribution in [3.63, 3.8) is 0 Å². The molecule has 0 saturated carbocycles. The second-order valence-electron chi connectivity index (χ2n) is 10.2. The molecule has 0 aliphatic carbocycles. The number of rotatable bonds is 12. The van der Waals surface area contributed by atoms with Gasteiger partial charge in [-0.3, -0.25) is 4.79 Å². The van der Waals surface area contributed by atoms with Crippen molar-refractivity contribution in [2.75, 3.05) is 0 Å². The third kappa shape index (κ3) is 8.52. The second-order valence-corrected chi connectivity index (χ2v) is 10.2. The SMILES string of the molecule is CCCCCc1ccc(CNC(=O)c2ccc(-c3ccc(CC([N][O])c4cccc(C(F)(F)F)c4)cc3)cc2)cc1. The van der Waals surface area contributed by atoms with Gasteiger partial charge in [0.2, 0.25) is 0 Å². The molecule has 1 unspecified atom stereocenters. The van der Waals surface area contributed by atoms with Crippen LogP contribution in [0.25, 0.3) is 11.1 Å². The molecule has 4 aromatic carbocycles. The number of hydrogen-bond donors (Lipinski definition) is 1. The van der Waals surface area contributed by atoms with Crippen molar-refractivity contribution in [3.8, 4) is 11.1 Å². The van der Waals surface area contributed by atoms with Crippen LogP contribution in [0.4, 0.5) is 13.2 Å². The zero-order chi connectivity index (χ0) is 29.2. The summed E-state index contributed by atoms with van der Waals surface area (Å²) in [6, 6.07) is 26.9. The molecule has 0 bridgehead atoms. The lowest BCUT2D eigenvalue weighted by molar-refractivity contribution is -0.137. The van der Waals surface area contributed by atoms with E-state index in [2.05, 4.69) is 42.0 Å². The summed E-state index contributed by atoms with van der Waals surface area (Å²) in [4.78, 5) is 12.7. The van der Waals surface area contributed by atoms with E-state index in [0.29, 0.717) is 12.1 Å². The number of amides is 1. The maximum atomic E-state index is 13.1. The maximum Gasteiger partial charge on any atom is 0.416 e. The summed E-state index contributed by atoms with van der Waals surface area (Å²) in [5.41, 5.74) is 8.03. The average Bonchev–Trinajstić information content (AvgIpc) is 2.99. The second kappa shape index (κ2) is 14.1. The Morgan fingerprint density at radius 1 is 0.805 bits per heavy atom. The van der Waals surface area contributed by atoms with E-state index >= 15 is 0 Å². The molecule has 0 spiro atoms. The molecule has 41 heavy (non-hydrogen) atoms. The van der Waals surface area contributed by atoms with E-state index in [-0.39, 0.29) is 17.9 Å². The molecule has 1 atom stereocenters. The van der Waals surface area contributed by atoms with Crippen molar-refractivity contribution in [1.29, 1.82) is 0 Å². The Kier molecular flexibility index (Phi) is 10.3. The molecule has 0 aliphatic heterocycles. The number of nitrogens with one attached hydrogen (secondary N) is 1. The highest BCUT2D eigenvalue weighted by Crippen LogP contribution is 2.32. The molecule has 0 fully saturated rings. The third-order valence-electron chi connectivity index (χ3n) is 7.13. The summed E-state index contributed by atoms with van der Waals surface area (Å²) >= 11 is 0. The smallest absolute Gasteiger partial charge is 0.348 e. The first-order chi connectivity index (χ1) is 19.8. The number of aryl methyl sites for hydroxylation is 1. The minimum Gasteiger partial charge on any atom is -0.348 e. The molecule has 0 saturated heterocycles. The molecule has 0 aromatic heterocycles. The van der Waals surface area contributed by atoms with Gasteiger partial charge in [-0.2, -0.15) is 13.2 Å².